The summed E-state index contributed by atoms with van der Waals surface area (Å²) in [5.41, 5.74) is 8.13. The summed E-state index contributed by atoms with van der Waals surface area (Å²) >= 11 is 6.59. The zero-order valence-electron chi connectivity index (χ0n) is 22.9. The predicted octanol–water partition coefficient (Wildman–Crippen LogP) is 3.98. The fraction of sp³-hybridized carbons (Fsp3) is 0.357. The molecule has 0 bridgehead atoms. The highest BCUT2D eigenvalue weighted by atomic mass is 35.5. The zero-order valence-corrected chi connectivity index (χ0v) is 24.5. The Kier molecular flexibility index (Phi) is 8.26. The largest absolute Gasteiger partial charge is 0.465 e. The maximum atomic E-state index is 13.8. The molecule has 0 saturated carbocycles. The van der Waals surface area contributed by atoms with Crippen LogP contribution in [0.1, 0.15) is 47.1 Å². The number of nitrogens with one attached hydrogen (secondary N) is 3. The Morgan fingerprint density at radius 1 is 1.07 bits per heavy atom. The second kappa shape index (κ2) is 11.7. The van der Waals surface area contributed by atoms with Gasteiger partial charge in [0.1, 0.15) is 22.5 Å². The second-order valence-corrected chi connectivity index (χ2v) is 13.1. The van der Waals surface area contributed by atoms with Crippen LogP contribution in [0.4, 0.5) is 10.5 Å². The van der Waals surface area contributed by atoms with Crippen molar-refractivity contribution in [2.24, 2.45) is 17.6 Å². The number of amidine groups is 1. The maximum Gasteiger partial charge on any atom is 0.409 e. The lowest BCUT2D eigenvalue weighted by Gasteiger charge is -2.33. The molecule has 0 unspecified atom stereocenters. The zero-order chi connectivity index (χ0) is 30.2. The summed E-state index contributed by atoms with van der Waals surface area (Å²) in [6.07, 6.45) is 2.11. The Hall–Kier alpha value is -3.94. The number of likely N-dealkylation sites (tertiary alicyclic amines) is 1. The number of rotatable bonds is 7. The van der Waals surface area contributed by atoms with Gasteiger partial charge in [-0.15, -0.1) is 0 Å². The Bertz CT molecular complexity index is 1600. The lowest BCUT2D eigenvalue weighted by molar-refractivity contribution is 0.0720. The van der Waals surface area contributed by atoms with Crippen molar-refractivity contribution in [1.82, 2.24) is 19.2 Å². The highest BCUT2D eigenvalue weighted by molar-refractivity contribution is 7.88. The molecule has 222 valence electrons. The summed E-state index contributed by atoms with van der Waals surface area (Å²) in [6, 6.07) is 12.8. The van der Waals surface area contributed by atoms with E-state index in [1.54, 1.807) is 53.4 Å². The number of aromatic amines is 1. The number of H-pyrrole nitrogens is 1. The van der Waals surface area contributed by atoms with Gasteiger partial charge in [0.15, 0.2) is 0 Å². The van der Waals surface area contributed by atoms with E-state index >= 15 is 0 Å². The van der Waals surface area contributed by atoms with Crippen molar-refractivity contribution in [3.63, 3.8) is 0 Å². The van der Waals surface area contributed by atoms with Gasteiger partial charge in [-0.1, -0.05) is 35.9 Å². The number of nitrogens with zero attached hydrogens (tertiary/aromatic N) is 3. The standard InChI is InChI=1S/C28H32ClN7O5S/c1-42(40,41)35-12-10-16(11-13-35)20-14-22(36(15-20)27(37)19-4-2-18(3-5-19)25(30)31)26-33-23(24(29)34-26)17-6-8-21(9-7-17)32-28(38)39/h2-9,16,20,22,32H,10-15H2,1H3,(H3,30,31)(H,33,34)(H,38,39)/t20-,22-/m0/s1. The number of piperidine rings is 1. The van der Waals surface area contributed by atoms with Crippen molar-refractivity contribution in [3.05, 3.63) is 70.6 Å². The molecule has 3 heterocycles. The van der Waals surface area contributed by atoms with Gasteiger partial charge in [0.25, 0.3) is 5.91 Å². The number of aromatic nitrogens is 2. The number of anilines is 1. The number of sulfonamides is 1. The Morgan fingerprint density at radius 3 is 2.26 bits per heavy atom. The number of hydrogen-bond acceptors (Lipinski definition) is 6. The summed E-state index contributed by atoms with van der Waals surface area (Å²) in [4.78, 5) is 34.5. The van der Waals surface area contributed by atoms with E-state index < -0.39 is 22.2 Å². The molecule has 2 atom stereocenters. The van der Waals surface area contributed by atoms with Gasteiger partial charge in [-0.3, -0.25) is 15.5 Å². The number of benzene rings is 2. The number of carbonyl (C=O) groups excluding carboxylic acids is 1. The summed E-state index contributed by atoms with van der Waals surface area (Å²) in [5.74, 6) is 0.628. The number of imidazole rings is 1. The van der Waals surface area contributed by atoms with E-state index in [9.17, 15) is 18.0 Å². The minimum Gasteiger partial charge on any atom is -0.465 e. The number of carbonyl (C=O) groups is 2. The van der Waals surface area contributed by atoms with Crippen LogP contribution in [-0.4, -0.2) is 76.4 Å². The summed E-state index contributed by atoms with van der Waals surface area (Å²) in [5, 5.41) is 19.2. The van der Waals surface area contributed by atoms with E-state index in [-0.39, 0.29) is 23.6 Å². The lowest BCUT2D eigenvalue weighted by Crippen LogP contribution is -2.40. The number of hydrogen-bond donors (Lipinski definition) is 5. The van der Waals surface area contributed by atoms with E-state index in [1.165, 1.54) is 10.6 Å². The maximum absolute atomic E-state index is 13.8. The van der Waals surface area contributed by atoms with Crippen LogP contribution in [-0.2, 0) is 10.0 Å². The van der Waals surface area contributed by atoms with Crippen LogP contribution in [0, 0.1) is 17.2 Å². The van der Waals surface area contributed by atoms with Gasteiger partial charge in [-0.05, 0) is 55.4 Å². The van der Waals surface area contributed by atoms with Crippen LogP contribution in [0.15, 0.2) is 48.5 Å². The first-order valence-corrected chi connectivity index (χ1v) is 15.7. The monoisotopic (exact) mass is 613 g/mol. The van der Waals surface area contributed by atoms with E-state index in [4.69, 9.17) is 32.8 Å². The van der Waals surface area contributed by atoms with Gasteiger partial charge in [0.2, 0.25) is 10.0 Å². The first kappa shape index (κ1) is 29.5. The first-order valence-electron chi connectivity index (χ1n) is 13.5. The molecule has 2 saturated heterocycles. The number of nitrogens with two attached hydrogens (primary N) is 1. The van der Waals surface area contributed by atoms with Crippen LogP contribution in [0.2, 0.25) is 5.15 Å². The molecule has 2 aliphatic rings. The van der Waals surface area contributed by atoms with E-state index in [2.05, 4.69) is 10.3 Å². The molecule has 3 aromatic rings. The Balaban J connectivity index is 1.42. The van der Waals surface area contributed by atoms with Crippen molar-refractivity contribution in [1.29, 1.82) is 5.41 Å². The highest BCUT2D eigenvalue weighted by Gasteiger charge is 2.42. The molecule has 0 radical (unpaired) electrons. The van der Waals surface area contributed by atoms with Gasteiger partial charge in [0, 0.05) is 42.0 Å². The quantitative estimate of drug-likeness (QED) is 0.197. The molecular formula is C28H32ClN7O5S. The fourth-order valence-electron chi connectivity index (χ4n) is 5.88. The summed E-state index contributed by atoms with van der Waals surface area (Å²) < 4.78 is 25.6. The SMILES string of the molecule is CS(=O)(=O)N1CCC([C@H]2C[C@@H](c3nc(-c4ccc(NC(=O)O)cc4)c(Cl)[nH]3)N(C(=O)c3ccc(C(=N)N)cc3)C2)CC1. The Labute approximate surface area is 248 Å². The third-order valence-corrected chi connectivity index (χ3v) is 9.65. The fourth-order valence-corrected chi connectivity index (χ4v) is 7.01. The van der Waals surface area contributed by atoms with Crippen molar-refractivity contribution >= 4 is 45.1 Å². The third-order valence-electron chi connectivity index (χ3n) is 8.07. The second-order valence-electron chi connectivity index (χ2n) is 10.8. The van der Waals surface area contributed by atoms with Gasteiger partial charge in [0.05, 0.1) is 12.3 Å². The molecule has 2 aliphatic heterocycles. The number of nitrogen functional groups attached to an aromatic ring is 1. The molecule has 2 fully saturated rings. The molecule has 1 aromatic heterocycles. The Morgan fingerprint density at radius 2 is 1.69 bits per heavy atom. The summed E-state index contributed by atoms with van der Waals surface area (Å²) in [7, 11) is -3.25. The van der Waals surface area contributed by atoms with Crippen molar-refractivity contribution in [3.8, 4) is 11.3 Å². The van der Waals surface area contributed by atoms with E-state index in [0.29, 0.717) is 77.9 Å². The molecule has 2 amide bonds. The molecule has 5 rings (SSSR count). The first-order chi connectivity index (χ1) is 19.9. The van der Waals surface area contributed by atoms with Crippen LogP contribution < -0.4 is 11.1 Å². The minimum atomic E-state index is -3.25. The molecule has 0 aliphatic carbocycles. The average molecular weight is 614 g/mol. The highest BCUT2D eigenvalue weighted by Crippen LogP contribution is 2.43. The van der Waals surface area contributed by atoms with Crippen LogP contribution in [0.25, 0.3) is 11.3 Å². The van der Waals surface area contributed by atoms with Crippen LogP contribution >= 0.6 is 11.6 Å². The molecule has 6 N–H and O–H groups in total. The molecule has 0 spiro atoms. The van der Waals surface area contributed by atoms with Crippen molar-refractivity contribution < 1.29 is 23.1 Å². The van der Waals surface area contributed by atoms with Crippen molar-refractivity contribution in [2.75, 3.05) is 31.2 Å². The predicted molar refractivity (Wildman–Crippen MR) is 159 cm³/mol. The van der Waals surface area contributed by atoms with Crippen LogP contribution in [0.3, 0.4) is 0 Å². The van der Waals surface area contributed by atoms with Gasteiger partial charge in [-0.2, -0.15) is 0 Å². The van der Waals surface area contributed by atoms with Gasteiger partial charge < -0.3 is 20.7 Å². The van der Waals surface area contributed by atoms with Gasteiger partial charge in [-0.25, -0.2) is 22.5 Å². The molecule has 42 heavy (non-hydrogen) atoms. The molecule has 2 aromatic carbocycles. The van der Waals surface area contributed by atoms with Crippen LogP contribution in [0.5, 0.6) is 0 Å². The lowest BCUT2D eigenvalue weighted by atomic mass is 9.83. The number of halogens is 1. The smallest absolute Gasteiger partial charge is 0.409 e. The van der Waals surface area contributed by atoms with E-state index in [1.807, 2.05) is 0 Å². The number of carboxylic acid groups (broad SMARTS) is 1. The molecule has 14 heteroatoms. The average Bonchev–Trinajstić information content (AvgIpc) is 3.56. The van der Waals surface area contributed by atoms with Gasteiger partial charge >= 0.3 is 6.09 Å². The normalized spacial score (nSPS) is 20.0. The molecule has 12 nitrogen and oxygen atoms in total. The number of amides is 2. The summed E-state index contributed by atoms with van der Waals surface area (Å²) in [6.45, 7) is 1.38. The topological polar surface area (TPSA) is 186 Å². The molecular weight excluding hydrogens is 582 g/mol. The third kappa shape index (κ3) is 6.27. The van der Waals surface area contributed by atoms with E-state index in [0.717, 1.165) is 0 Å². The minimum absolute atomic E-state index is 0.0851. The van der Waals surface area contributed by atoms with Crippen molar-refractivity contribution in [2.45, 2.75) is 25.3 Å².